The van der Waals surface area contributed by atoms with E-state index in [0.29, 0.717) is 6.42 Å². The third-order valence-electron chi connectivity index (χ3n) is 2.55. The van der Waals surface area contributed by atoms with Crippen molar-refractivity contribution in [1.82, 2.24) is 10.6 Å². The summed E-state index contributed by atoms with van der Waals surface area (Å²) in [6.45, 7) is 4.33. The van der Waals surface area contributed by atoms with E-state index in [1.165, 1.54) is 7.11 Å². The Morgan fingerprint density at radius 3 is 2.25 bits per heavy atom. The average molecular weight is 290 g/mol. The third-order valence-corrected chi connectivity index (χ3v) is 2.55. The van der Waals surface area contributed by atoms with Crippen molar-refractivity contribution in [3.05, 3.63) is 0 Å². The number of carboxylic acid groups (broad SMARTS) is 1. The smallest absolute Gasteiger partial charge is 0.337 e. The molecule has 0 saturated heterocycles. The Balaban J connectivity index is 4.47. The summed E-state index contributed by atoms with van der Waals surface area (Å²) in [7, 11) is 1.21. The van der Waals surface area contributed by atoms with Gasteiger partial charge < -0.3 is 25.6 Å². The van der Waals surface area contributed by atoms with Gasteiger partial charge in [0.05, 0.1) is 13.7 Å². The van der Waals surface area contributed by atoms with Gasteiger partial charge in [-0.05, 0) is 19.3 Å². The van der Waals surface area contributed by atoms with Crippen molar-refractivity contribution < 1.29 is 29.3 Å². The minimum Gasteiger partial charge on any atom is -0.479 e. The van der Waals surface area contributed by atoms with Crippen LogP contribution in [0.2, 0.25) is 0 Å². The van der Waals surface area contributed by atoms with E-state index in [0.717, 1.165) is 6.92 Å². The van der Waals surface area contributed by atoms with E-state index in [-0.39, 0.29) is 5.92 Å². The normalized spacial score (nSPS) is 15.1. The van der Waals surface area contributed by atoms with Crippen molar-refractivity contribution in [2.75, 3.05) is 13.7 Å². The van der Waals surface area contributed by atoms with Gasteiger partial charge in [0.2, 0.25) is 0 Å². The summed E-state index contributed by atoms with van der Waals surface area (Å²) in [6, 6.07) is -1.57. The highest BCUT2D eigenvalue weighted by molar-refractivity contribution is 5.84. The van der Waals surface area contributed by atoms with Crippen LogP contribution < -0.4 is 10.6 Å². The molecule has 0 aromatic heterocycles. The lowest BCUT2D eigenvalue weighted by molar-refractivity contribution is -0.155. The Labute approximate surface area is 117 Å². The van der Waals surface area contributed by atoms with Crippen LogP contribution in [0.25, 0.3) is 0 Å². The molecule has 0 aromatic carbocycles. The van der Waals surface area contributed by atoms with Gasteiger partial charge in [0, 0.05) is 0 Å². The molecule has 0 rings (SSSR count). The Bertz CT molecular complexity index is 367. The molecule has 0 spiro atoms. The van der Waals surface area contributed by atoms with Crippen LogP contribution in [0.5, 0.6) is 0 Å². The topological polar surface area (TPSA) is 125 Å². The molecule has 2 atom stereocenters. The summed E-state index contributed by atoms with van der Waals surface area (Å²) in [6.07, 6.45) is 0.384. The van der Waals surface area contributed by atoms with E-state index in [9.17, 15) is 19.5 Å². The molecule has 0 aliphatic carbocycles. The van der Waals surface area contributed by atoms with Gasteiger partial charge in [-0.2, -0.15) is 0 Å². The van der Waals surface area contributed by atoms with Gasteiger partial charge in [0.15, 0.2) is 5.60 Å². The van der Waals surface area contributed by atoms with Crippen molar-refractivity contribution in [1.29, 1.82) is 0 Å². The fourth-order valence-corrected chi connectivity index (χ4v) is 1.37. The first-order valence-corrected chi connectivity index (χ1v) is 6.18. The number of methoxy groups -OCH3 is 1. The van der Waals surface area contributed by atoms with Gasteiger partial charge in [-0.1, -0.05) is 13.8 Å². The maximum atomic E-state index is 11.6. The zero-order valence-electron chi connectivity index (χ0n) is 12.1. The number of rotatable bonds is 7. The predicted octanol–water partition coefficient (Wildman–Crippen LogP) is -0.291. The summed E-state index contributed by atoms with van der Waals surface area (Å²) in [5.74, 6) is -1.88. The molecule has 2 unspecified atom stereocenters. The Morgan fingerprint density at radius 2 is 1.85 bits per heavy atom. The van der Waals surface area contributed by atoms with Crippen LogP contribution in [0.15, 0.2) is 0 Å². The first-order valence-electron chi connectivity index (χ1n) is 6.18. The third kappa shape index (κ3) is 6.37. The molecule has 0 radical (unpaired) electrons. The second-order valence-electron chi connectivity index (χ2n) is 5.11. The van der Waals surface area contributed by atoms with E-state index in [2.05, 4.69) is 15.4 Å². The number of amides is 2. The molecular formula is C12H22N2O6. The first-order chi connectivity index (χ1) is 9.10. The van der Waals surface area contributed by atoms with E-state index in [4.69, 9.17) is 5.11 Å². The average Bonchev–Trinajstić information content (AvgIpc) is 2.34. The van der Waals surface area contributed by atoms with Gasteiger partial charge in [-0.25, -0.2) is 14.4 Å². The summed E-state index contributed by atoms with van der Waals surface area (Å²) in [5, 5.41) is 22.7. The van der Waals surface area contributed by atoms with Crippen LogP contribution in [-0.2, 0) is 14.3 Å². The molecule has 0 heterocycles. The lowest BCUT2D eigenvalue weighted by Gasteiger charge is -2.21. The van der Waals surface area contributed by atoms with Crippen LogP contribution in [0.3, 0.4) is 0 Å². The Morgan fingerprint density at radius 1 is 1.30 bits per heavy atom. The molecule has 0 aromatic rings. The molecule has 0 aliphatic rings. The van der Waals surface area contributed by atoms with Crippen LogP contribution in [0.4, 0.5) is 4.79 Å². The SMILES string of the molecule is COC(=O)C(CC(C)C)NC(=O)NCC(C)(O)C(=O)O. The number of esters is 1. The fraction of sp³-hybridized carbons (Fsp3) is 0.750. The largest absolute Gasteiger partial charge is 0.479 e. The number of carbonyl (C=O) groups excluding carboxylic acids is 2. The standard InChI is InChI=1S/C12H22N2O6/c1-7(2)5-8(9(15)20-4)14-11(18)13-6-12(3,19)10(16)17/h7-8,19H,5-6H2,1-4H3,(H,16,17)(H2,13,14,18). The summed E-state index contributed by atoms with van der Waals surface area (Å²) in [4.78, 5) is 33.7. The summed E-state index contributed by atoms with van der Waals surface area (Å²) >= 11 is 0. The van der Waals surface area contributed by atoms with Crippen molar-refractivity contribution in [2.45, 2.75) is 38.8 Å². The van der Waals surface area contributed by atoms with Crippen LogP contribution in [-0.4, -0.2) is 53.5 Å². The molecule has 4 N–H and O–H groups in total. The molecule has 0 aliphatic heterocycles. The van der Waals surface area contributed by atoms with Gasteiger partial charge in [-0.3, -0.25) is 0 Å². The van der Waals surface area contributed by atoms with Crippen LogP contribution in [0.1, 0.15) is 27.2 Å². The fourth-order valence-electron chi connectivity index (χ4n) is 1.37. The molecule has 116 valence electrons. The first kappa shape index (κ1) is 18.2. The van der Waals surface area contributed by atoms with E-state index in [1.54, 1.807) is 0 Å². The number of hydrogen-bond donors (Lipinski definition) is 4. The van der Waals surface area contributed by atoms with Gasteiger partial charge in [0.25, 0.3) is 0 Å². The zero-order chi connectivity index (χ0) is 15.9. The lowest BCUT2D eigenvalue weighted by atomic mass is 10.0. The molecule has 8 heteroatoms. The number of hydrogen-bond acceptors (Lipinski definition) is 5. The zero-order valence-corrected chi connectivity index (χ0v) is 12.1. The van der Waals surface area contributed by atoms with Gasteiger partial charge in [-0.15, -0.1) is 0 Å². The van der Waals surface area contributed by atoms with Crippen molar-refractivity contribution in [2.24, 2.45) is 5.92 Å². The highest BCUT2D eigenvalue weighted by atomic mass is 16.5. The molecule has 2 amide bonds. The number of nitrogens with one attached hydrogen (secondary N) is 2. The maximum absolute atomic E-state index is 11.6. The molecule has 20 heavy (non-hydrogen) atoms. The second-order valence-corrected chi connectivity index (χ2v) is 5.11. The molecule has 0 saturated carbocycles. The molecule has 8 nitrogen and oxygen atoms in total. The molecule has 0 bridgehead atoms. The van der Waals surface area contributed by atoms with E-state index >= 15 is 0 Å². The second kappa shape index (κ2) is 7.68. The minimum absolute atomic E-state index is 0.154. The number of carboxylic acids is 1. The van der Waals surface area contributed by atoms with Crippen molar-refractivity contribution in [3.8, 4) is 0 Å². The highest BCUT2D eigenvalue weighted by Gasteiger charge is 2.31. The number of carbonyl (C=O) groups is 3. The number of aliphatic hydroxyl groups is 1. The Kier molecular flexibility index (Phi) is 6.98. The quantitative estimate of drug-likeness (QED) is 0.477. The van der Waals surface area contributed by atoms with Crippen LogP contribution in [0, 0.1) is 5.92 Å². The van der Waals surface area contributed by atoms with E-state index < -0.39 is 36.2 Å². The van der Waals surface area contributed by atoms with Crippen molar-refractivity contribution in [3.63, 3.8) is 0 Å². The van der Waals surface area contributed by atoms with Crippen LogP contribution >= 0.6 is 0 Å². The monoisotopic (exact) mass is 290 g/mol. The van der Waals surface area contributed by atoms with Gasteiger partial charge >= 0.3 is 18.0 Å². The molecular weight excluding hydrogens is 268 g/mol. The number of urea groups is 1. The van der Waals surface area contributed by atoms with E-state index in [1.807, 2.05) is 13.8 Å². The maximum Gasteiger partial charge on any atom is 0.337 e. The lowest BCUT2D eigenvalue weighted by Crippen LogP contribution is -2.52. The number of aliphatic carboxylic acids is 1. The minimum atomic E-state index is -2.07. The highest BCUT2D eigenvalue weighted by Crippen LogP contribution is 2.06. The summed E-state index contributed by atoms with van der Waals surface area (Å²) in [5.41, 5.74) is -2.07. The van der Waals surface area contributed by atoms with Crippen molar-refractivity contribution >= 4 is 18.0 Å². The summed E-state index contributed by atoms with van der Waals surface area (Å²) < 4.78 is 4.57. The number of ether oxygens (including phenoxy) is 1. The molecule has 0 fully saturated rings. The Hall–Kier alpha value is -1.83. The van der Waals surface area contributed by atoms with Gasteiger partial charge in [0.1, 0.15) is 6.04 Å². The predicted molar refractivity (Wildman–Crippen MR) is 70.1 cm³/mol.